The van der Waals surface area contributed by atoms with Crippen molar-refractivity contribution < 1.29 is 14.6 Å². The molecule has 0 amide bonds. The maximum absolute atomic E-state index is 9.78. The fraction of sp³-hybridized carbons (Fsp3) is 0.700. The van der Waals surface area contributed by atoms with Crippen LogP contribution in [0.15, 0.2) is 0 Å². The number of hydrogen-bond acceptors (Lipinski definition) is 4. The minimum Gasteiger partial charge on any atom is -0.375 e. The number of nitrogens with one attached hydrogen (secondary N) is 4. The third-order valence-electron chi connectivity index (χ3n) is 5.47. The molecule has 0 saturated carbocycles. The van der Waals surface area contributed by atoms with Crippen LogP contribution in [0.5, 0.6) is 0 Å². The Kier molecular flexibility index (Phi) is 6.70. The Morgan fingerprint density at radius 2 is 2.15 bits per heavy atom. The topological polar surface area (TPSA) is 75.7 Å². The number of aromatic amines is 1. The van der Waals surface area contributed by atoms with Gasteiger partial charge in [-0.05, 0) is 24.8 Å². The number of ether oxygens (including phenoxy) is 1. The van der Waals surface area contributed by atoms with Gasteiger partial charge in [-0.25, -0.2) is 4.98 Å². The summed E-state index contributed by atoms with van der Waals surface area (Å²) in [6, 6.07) is 2.45. The van der Waals surface area contributed by atoms with Gasteiger partial charge < -0.3 is 20.3 Å². The summed E-state index contributed by atoms with van der Waals surface area (Å²) in [7, 11) is 2.22. The van der Waals surface area contributed by atoms with Crippen molar-refractivity contribution in [3.05, 3.63) is 16.7 Å². The summed E-state index contributed by atoms with van der Waals surface area (Å²) in [4.78, 5) is 4.98. The van der Waals surface area contributed by atoms with E-state index in [2.05, 4.69) is 35.7 Å². The molecular formula is C20H33N5O+2. The molecule has 3 heterocycles. The monoisotopic (exact) mass is 359 g/mol. The number of fused-ring (bicyclic) bond motifs is 1. The van der Waals surface area contributed by atoms with Crippen LogP contribution in [0.4, 0.5) is 11.6 Å². The molecule has 1 aromatic rings. The van der Waals surface area contributed by atoms with E-state index in [0.717, 1.165) is 75.7 Å². The number of likely N-dealkylation sites (N-methyl/N-ethyl adjacent to an activating group) is 1. The second kappa shape index (κ2) is 9.20. The van der Waals surface area contributed by atoms with Crippen LogP contribution in [0.25, 0.3) is 0 Å². The molecule has 3 rings (SSSR count). The molecule has 1 aromatic heterocycles. The van der Waals surface area contributed by atoms with Crippen LogP contribution >= 0.6 is 0 Å². The molecule has 1 saturated heterocycles. The molecule has 6 nitrogen and oxygen atoms in total. The first-order valence-corrected chi connectivity index (χ1v) is 10.1. The molecule has 0 radical (unpaired) electrons. The number of anilines is 2. The summed E-state index contributed by atoms with van der Waals surface area (Å²) in [6.45, 7) is 6.82. The predicted octanol–water partition coefficient (Wildman–Crippen LogP) is 1.14. The highest BCUT2D eigenvalue weighted by atomic mass is 16.5. The summed E-state index contributed by atoms with van der Waals surface area (Å²) in [5.74, 6) is 1.93. The van der Waals surface area contributed by atoms with Gasteiger partial charge in [0.1, 0.15) is 18.2 Å². The molecule has 4 N–H and O–H groups in total. The maximum Gasteiger partial charge on any atom is 0.237 e. The second-order valence-corrected chi connectivity index (χ2v) is 7.60. The number of H-pyrrole nitrogens is 1. The van der Waals surface area contributed by atoms with Crippen molar-refractivity contribution in [2.24, 2.45) is 0 Å². The van der Waals surface area contributed by atoms with Gasteiger partial charge in [0.2, 0.25) is 11.6 Å². The van der Waals surface area contributed by atoms with Crippen molar-refractivity contribution in [1.29, 1.82) is 5.26 Å². The van der Waals surface area contributed by atoms with Gasteiger partial charge >= 0.3 is 0 Å². The van der Waals surface area contributed by atoms with Crippen molar-refractivity contribution in [2.45, 2.75) is 58.1 Å². The van der Waals surface area contributed by atoms with Crippen LogP contribution < -0.4 is 20.5 Å². The van der Waals surface area contributed by atoms with E-state index in [1.54, 1.807) is 0 Å². The number of nitriles is 1. The molecule has 1 fully saturated rings. The van der Waals surface area contributed by atoms with Gasteiger partial charge in [0, 0.05) is 13.0 Å². The van der Waals surface area contributed by atoms with E-state index >= 15 is 0 Å². The predicted molar refractivity (Wildman–Crippen MR) is 102 cm³/mol. The van der Waals surface area contributed by atoms with Crippen molar-refractivity contribution in [3.63, 3.8) is 0 Å². The zero-order valence-electron chi connectivity index (χ0n) is 16.2. The highest BCUT2D eigenvalue weighted by Gasteiger charge is 2.29. The molecule has 1 unspecified atom stereocenters. The molecule has 2 aliphatic rings. The van der Waals surface area contributed by atoms with Crippen LogP contribution in [0.2, 0.25) is 0 Å². The molecule has 0 aliphatic carbocycles. The van der Waals surface area contributed by atoms with Crippen molar-refractivity contribution in [2.75, 3.05) is 43.9 Å². The standard InChI is InChI=1S/C20H31N5O/c1-3-4-5-9-22-19-17(12-21)16-8-10-25(2)14-18(16)20(24-19)23-13-15-7-6-11-26-15/h15H,3-11,13-14H2,1-2H3,(H2,22,23,24)/p+2/t15-/m1/s1. The smallest absolute Gasteiger partial charge is 0.237 e. The molecular weight excluding hydrogens is 326 g/mol. The van der Waals surface area contributed by atoms with Gasteiger partial charge in [-0.15, -0.1) is 0 Å². The molecule has 0 aromatic carbocycles. The Morgan fingerprint density at radius 3 is 2.88 bits per heavy atom. The third-order valence-corrected chi connectivity index (χ3v) is 5.47. The van der Waals surface area contributed by atoms with E-state index in [9.17, 15) is 5.26 Å². The zero-order valence-corrected chi connectivity index (χ0v) is 16.2. The zero-order chi connectivity index (χ0) is 18.4. The molecule has 2 aliphatic heterocycles. The van der Waals surface area contributed by atoms with Crippen molar-refractivity contribution in [3.8, 4) is 6.07 Å². The Morgan fingerprint density at radius 1 is 1.27 bits per heavy atom. The van der Waals surface area contributed by atoms with Crippen molar-refractivity contribution >= 4 is 11.6 Å². The first-order valence-electron chi connectivity index (χ1n) is 10.1. The van der Waals surface area contributed by atoms with Crippen LogP contribution in [0.3, 0.4) is 0 Å². The van der Waals surface area contributed by atoms with Crippen LogP contribution in [-0.2, 0) is 17.7 Å². The maximum atomic E-state index is 9.78. The second-order valence-electron chi connectivity index (χ2n) is 7.60. The summed E-state index contributed by atoms with van der Waals surface area (Å²) >= 11 is 0. The van der Waals surface area contributed by atoms with E-state index in [4.69, 9.17) is 4.74 Å². The third kappa shape index (κ3) is 4.46. The van der Waals surface area contributed by atoms with Crippen LogP contribution in [0, 0.1) is 11.3 Å². The first kappa shape index (κ1) is 18.9. The number of rotatable bonds is 8. The number of unbranched alkanes of at least 4 members (excludes halogenated alkanes) is 2. The van der Waals surface area contributed by atoms with Gasteiger partial charge in [0.05, 0.1) is 38.3 Å². The van der Waals surface area contributed by atoms with E-state index in [0.29, 0.717) is 6.10 Å². The normalized spacial score (nSPS) is 21.9. The fourth-order valence-electron chi connectivity index (χ4n) is 3.93. The summed E-state index contributed by atoms with van der Waals surface area (Å²) in [5.41, 5.74) is 3.28. The molecule has 26 heavy (non-hydrogen) atoms. The lowest BCUT2D eigenvalue weighted by Crippen LogP contribution is -3.08. The quantitative estimate of drug-likeness (QED) is 0.609. The van der Waals surface area contributed by atoms with E-state index in [1.165, 1.54) is 28.9 Å². The van der Waals surface area contributed by atoms with Gasteiger partial charge in [-0.1, -0.05) is 19.8 Å². The van der Waals surface area contributed by atoms with Gasteiger partial charge in [0.25, 0.3) is 0 Å². The lowest BCUT2D eigenvalue weighted by Gasteiger charge is -2.24. The highest BCUT2D eigenvalue weighted by Crippen LogP contribution is 2.26. The van der Waals surface area contributed by atoms with Gasteiger partial charge in [0.15, 0.2) is 0 Å². The molecule has 0 spiro atoms. The number of nitrogens with zero attached hydrogens (tertiary/aromatic N) is 1. The van der Waals surface area contributed by atoms with Crippen LogP contribution in [-0.4, -0.2) is 39.4 Å². The summed E-state index contributed by atoms with van der Waals surface area (Å²) in [6.07, 6.45) is 7.05. The van der Waals surface area contributed by atoms with Crippen molar-refractivity contribution in [1.82, 2.24) is 0 Å². The molecule has 0 bridgehead atoms. The largest absolute Gasteiger partial charge is 0.375 e. The van der Waals surface area contributed by atoms with Gasteiger partial charge in [-0.2, -0.15) is 5.26 Å². The molecule has 142 valence electrons. The van der Waals surface area contributed by atoms with E-state index in [-0.39, 0.29) is 0 Å². The van der Waals surface area contributed by atoms with E-state index in [1.807, 2.05) is 0 Å². The Bertz CT molecular complexity index is 649. The average molecular weight is 360 g/mol. The SMILES string of the molecule is CCCCCNc1[nH+]c(NC[C@H]2CCCO2)c2c(c1C#N)CC[NH+](C)C2. The van der Waals surface area contributed by atoms with Gasteiger partial charge in [-0.3, -0.25) is 0 Å². The minimum absolute atomic E-state index is 0.296. The average Bonchev–Trinajstić information content (AvgIpc) is 3.17. The summed E-state index contributed by atoms with van der Waals surface area (Å²) in [5, 5.41) is 16.8. The number of hydrogen-bond donors (Lipinski definition) is 3. The Labute approximate surface area is 156 Å². The highest BCUT2D eigenvalue weighted by molar-refractivity contribution is 5.60. The summed E-state index contributed by atoms with van der Waals surface area (Å²) < 4.78 is 5.76. The van der Waals surface area contributed by atoms with E-state index < -0.39 is 0 Å². The Hall–Kier alpha value is -1.84. The fourth-order valence-corrected chi connectivity index (χ4v) is 3.93. The number of quaternary nitrogens is 1. The number of aromatic nitrogens is 1. The molecule has 6 heteroatoms. The van der Waals surface area contributed by atoms with Crippen LogP contribution in [0.1, 0.15) is 55.7 Å². The molecule has 2 atom stereocenters. The lowest BCUT2D eigenvalue weighted by molar-refractivity contribution is -0.895. The minimum atomic E-state index is 0.296. The Balaban J connectivity index is 1.83. The first-order chi connectivity index (χ1) is 12.7. The number of pyridine rings is 1. The lowest BCUT2D eigenvalue weighted by atomic mass is 9.96.